The Morgan fingerprint density at radius 2 is 1.94 bits per heavy atom. The highest BCUT2D eigenvalue weighted by Gasteiger charge is 1.90. The SMILES string of the molecule is CCCCC#CC(=Cc1ccccc1)CC. The zero-order valence-electron chi connectivity index (χ0n) is 10.3. The molecular formula is C16H20. The third-order valence-electron chi connectivity index (χ3n) is 2.43. The maximum Gasteiger partial charge on any atom is 0.00922 e. The lowest BCUT2D eigenvalue weighted by Gasteiger charge is -1.95. The first kappa shape index (κ1) is 12.6. The molecule has 0 radical (unpaired) electrons. The second kappa shape index (κ2) is 7.77. The fourth-order valence-electron chi connectivity index (χ4n) is 1.42. The summed E-state index contributed by atoms with van der Waals surface area (Å²) < 4.78 is 0. The van der Waals surface area contributed by atoms with E-state index < -0.39 is 0 Å². The molecular weight excluding hydrogens is 192 g/mol. The summed E-state index contributed by atoms with van der Waals surface area (Å²) in [6, 6.07) is 10.4. The van der Waals surface area contributed by atoms with Gasteiger partial charge in [0.25, 0.3) is 0 Å². The summed E-state index contributed by atoms with van der Waals surface area (Å²) in [6.45, 7) is 4.35. The molecule has 0 nitrogen and oxygen atoms in total. The van der Waals surface area contributed by atoms with E-state index in [-0.39, 0.29) is 0 Å². The van der Waals surface area contributed by atoms with E-state index in [4.69, 9.17) is 0 Å². The maximum atomic E-state index is 3.26. The zero-order valence-corrected chi connectivity index (χ0v) is 10.3. The van der Waals surface area contributed by atoms with Crippen LogP contribution in [0, 0.1) is 11.8 Å². The average molecular weight is 212 g/mol. The van der Waals surface area contributed by atoms with E-state index >= 15 is 0 Å². The first-order valence-corrected chi connectivity index (χ1v) is 6.11. The molecule has 0 saturated heterocycles. The molecule has 0 N–H and O–H groups in total. The van der Waals surface area contributed by atoms with Crippen LogP contribution in [0.5, 0.6) is 0 Å². The molecule has 0 heterocycles. The average Bonchev–Trinajstić information content (AvgIpc) is 2.34. The van der Waals surface area contributed by atoms with Crippen molar-refractivity contribution in [2.75, 3.05) is 0 Å². The first-order chi connectivity index (χ1) is 7.86. The van der Waals surface area contributed by atoms with E-state index in [1.54, 1.807) is 0 Å². The number of rotatable bonds is 4. The molecule has 0 aliphatic rings. The van der Waals surface area contributed by atoms with Crippen LogP contribution in [0.15, 0.2) is 35.9 Å². The van der Waals surface area contributed by atoms with Gasteiger partial charge in [-0.05, 0) is 24.5 Å². The van der Waals surface area contributed by atoms with E-state index in [1.165, 1.54) is 24.0 Å². The molecule has 1 rings (SSSR count). The van der Waals surface area contributed by atoms with Gasteiger partial charge in [-0.3, -0.25) is 0 Å². The van der Waals surface area contributed by atoms with Gasteiger partial charge < -0.3 is 0 Å². The third-order valence-corrected chi connectivity index (χ3v) is 2.43. The summed E-state index contributed by atoms with van der Waals surface area (Å²) in [7, 11) is 0. The van der Waals surface area contributed by atoms with Gasteiger partial charge in [0, 0.05) is 12.0 Å². The monoisotopic (exact) mass is 212 g/mol. The third kappa shape index (κ3) is 4.84. The number of hydrogen-bond donors (Lipinski definition) is 0. The van der Waals surface area contributed by atoms with Gasteiger partial charge in [-0.15, -0.1) is 0 Å². The fraction of sp³-hybridized carbons (Fsp3) is 0.375. The van der Waals surface area contributed by atoms with Crippen LogP contribution in [0.4, 0.5) is 0 Å². The lowest BCUT2D eigenvalue weighted by Crippen LogP contribution is -1.78. The standard InChI is InChI=1S/C16H20/c1-3-5-6-8-11-15(4-2)14-16-12-9-7-10-13-16/h7,9-10,12-14H,3-6H2,1-2H3. The maximum absolute atomic E-state index is 3.26. The van der Waals surface area contributed by atoms with E-state index in [2.05, 4.69) is 56.0 Å². The number of hydrogen-bond acceptors (Lipinski definition) is 0. The van der Waals surface area contributed by atoms with Crippen LogP contribution in [0.1, 0.15) is 45.1 Å². The van der Waals surface area contributed by atoms with Gasteiger partial charge >= 0.3 is 0 Å². The predicted molar refractivity (Wildman–Crippen MR) is 72.0 cm³/mol. The highest BCUT2D eigenvalue weighted by Crippen LogP contribution is 2.08. The highest BCUT2D eigenvalue weighted by atomic mass is 13.9. The Kier molecular flexibility index (Phi) is 6.11. The minimum atomic E-state index is 1.01. The van der Waals surface area contributed by atoms with Crippen LogP contribution in [-0.2, 0) is 0 Å². The molecule has 0 heteroatoms. The van der Waals surface area contributed by atoms with E-state index in [0.29, 0.717) is 0 Å². The fourth-order valence-corrected chi connectivity index (χ4v) is 1.42. The van der Waals surface area contributed by atoms with Crippen molar-refractivity contribution >= 4 is 6.08 Å². The molecule has 0 unspecified atom stereocenters. The topological polar surface area (TPSA) is 0 Å². The van der Waals surface area contributed by atoms with Crippen molar-refractivity contribution in [3.63, 3.8) is 0 Å². The second-order valence-corrected chi connectivity index (χ2v) is 3.84. The smallest absolute Gasteiger partial charge is 0.00922 e. The van der Waals surface area contributed by atoms with E-state index in [1.807, 2.05) is 6.07 Å². The molecule has 0 saturated carbocycles. The predicted octanol–water partition coefficient (Wildman–Crippen LogP) is 4.67. The molecule has 0 aliphatic heterocycles. The molecule has 16 heavy (non-hydrogen) atoms. The second-order valence-electron chi connectivity index (χ2n) is 3.84. The number of allylic oxidation sites excluding steroid dienone is 1. The Morgan fingerprint density at radius 3 is 2.56 bits per heavy atom. The molecule has 0 fully saturated rings. The Hall–Kier alpha value is -1.48. The summed E-state index contributed by atoms with van der Waals surface area (Å²) in [6.07, 6.45) is 6.63. The molecule has 1 aromatic carbocycles. The molecule has 0 aliphatic carbocycles. The van der Waals surface area contributed by atoms with Crippen LogP contribution >= 0.6 is 0 Å². The van der Waals surface area contributed by atoms with Crippen molar-refractivity contribution in [2.24, 2.45) is 0 Å². The molecule has 0 amide bonds. The summed E-state index contributed by atoms with van der Waals surface area (Å²) in [4.78, 5) is 0. The molecule has 84 valence electrons. The van der Waals surface area contributed by atoms with Crippen LogP contribution in [0.25, 0.3) is 6.08 Å². The highest BCUT2D eigenvalue weighted by molar-refractivity contribution is 5.57. The minimum absolute atomic E-state index is 1.01. The van der Waals surface area contributed by atoms with Crippen molar-refractivity contribution in [3.05, 3.63) is 41.5 Å². The summed E-state index contributed by atoms with van der Waals surface area (Å²) >= 11 is 0. The van der Waals surface area contributed by atoms with Gasteiger partial charge in [0.05, 0.1) is 0 Å². The Bertz CT molecular complexity index is 373. The van der Waals surface area contributed by atoms with Crippen LogP contribution in [-0.4, -0.2) is 0 Å². The summed E-state index contributed by atoms with van der Waals surface area (Å²) in [5.74, 6) is 6.50. The Morgan fingerprint density at radius 1 is 1.19 bits per heavy atom. The van der Waals surface area contributed by atoms with Gasteiger partial charge in [-0.1, -0.05) is 62.4 Å². The summed E-state index contributed by atoms with van der Waals surface area (Å²) in [5.41, 5.74) is 2.46. The quantitative estimate of drug-likeness (QED) is 0.502. The van der Waals surface area contributed by atoms with Crippen molar-refractivity contribution in [2.45, 2.75) is 39.5 Å². The molecule has 0 atom stereocenters. The van der Waals surface area contributed by atoms with Crippen molar-refractivity contribution in [3.8, 4) is 11.8 Å². The molecule has 0 bridgehead atoms. The number of benzene rings is 1. The molecule has 0 aromatic heterocycles. The Labute approximate surface area is 99.4 Å². The van der Waals surface area contributed by atoms with Crippen molar-refractivity contribution in [1.82, 2.24) is 0 Å². The normalized spacial score (nSPS) is 10.8. The van der Waals surface area contributed by atoms with Crippen molar-refractivity contribution < 1.29 is 0 Å². The minimum Gasteiger partial charge on any atom is -0.0982 e. The van der Waals surface area contributed by atoms with E-state index in [0.717, 1.165) is 12.8 Å². The lowest BCUT2D eigenvalue weighted by atomic mass is 10.1. The molecule has 1 aromatic rings. The van der Waals surface area contributed by atoms with E-state index in [9.17, 15) is 0 Å². The summed E-state index contributed by atoms with van der Waals surface area (Å²) in [5, 5.41) is 0. The van der Waals surface area contributed by atoms with Gasteiger partial charge in [-0.25, -0.2) is 0 Å². The van der Waals surface area contributed by atoms with Gasteiger partial charge in [0.15, 0.2) is 0 Å². The largest absolute Gasteiger partial charge is 0.0982 e. The van der Waals surface area contributed by atoms with Crippen LogP contribution in [0.3, 0.4) is 0 Å². The number of unbranched alkanes of at least 4 members (excludes halogenated alkanes) is 2. The Balaban J connectivity index is 2.66. The van der Waals surface area contributed by atoms with Gasteiger partial charge in [0.2, 0.25) is 0 Å². The first-order valence-electron chi connectivity index (χ1n) is 6.11. The molecule has 0 spiro atoms. The zero-order chi connectivity index (χ0) is 11.6. The van der Waals surface area contributed by atoms with Crippen LogP contribution < -0.4 is 0 Å². The lowest BCUT2D eigenvalue weighted by molar-refractivity contribution is 0.828. The van der Waals surface area contributed by atoms with Crippen LogP contribution in [0.2, 0.25) is 0 Å². The van der Waals surface area contributed by atoms with Gasteiger partial charge in [-0.2, -0.15) is 0 Å². The van der Waals surface area contributed by atoms with Crippen molar-refractivity contribution in [1.29, 1.82) is 0 Å². The van der Waals surface area contributed by atoms with Gasteiger partial charge in [0.1, 0.15) is 0 Å².